The third-order valence-electron chi connectivity index (χ3n) is 3.54. The van der Waals surface area contributed by atoms with E-state index in [2.05, 4.69) is 4.98 Å². The van der Waals surface area contributed by atoms with Gasteiger partial charge in [-0.2, -0.15) is 0 Å². The number of carboxylic acid groups (broad SMARTS) is 1. The first-order valence-corrected chi connectivity index (χ1v) is 7.72. The molecule has 1 aromatic carbocycles. The molecule has 0 aliphatic carbocycles. The number of thiophene rings is 1. The van der Waals surface area contributed by atoms with Crippen molar-refractivity contribution < 1.29 is 9.90 Å². The number of hydrogen-bond donors (Lipinski definition) is 1. The van der Waals surface area contributed by atoms with Crippen LogP contribution in [0.15, 0.2) is 47.5 Å². The van der Waals surface area contributed by atoms with Gasteiger partial charge in [0.2, 0.25) is 0 Å². The Morgan fingerprint density at radius 3 is 2.73 bits per heavy atom. The average molecular weight is 314 g/mol. The van der Waals surface area contributed by atoms with Crippen LogP contribution in [-0.4, -0.2) is 20.6 Å². The molecule has 0 bridgehead atoms. The lowest BCUT2D eigenvalue weighted by Gasteiger charge is -2.12. The van der Waals surface area contributed by atoms with Crippen LogP contribution in [0.1, 0.15) is 19.4 Å². The van der Waals surface area contributed by atoms with Gasteiger partial charge in [-0.1, -0.05) is 37.3 Å². The molecule has 2 aromatic heterocycles. The molecule has 0 aliphatic rings. The van der Waals surface area contributed by atoms with Crippen LogP contribution in [0.5, 0.6) is 0 Å². The van der Waals surface area contributed by atoms with E-state index in [4.69, 9.17) is 0 Å². The molecule has 3 aromatic rings. The Morgan fingerprint density at radius 2 is 2.09 bits per heavy atom. The lowest BCUT2D eigenvalue weighted by atomic mass is 10.2. The molecular weight excluding hydrogens is 300 g/mol. The molecule has 0 saturated heterocycles. The predicted molar refractivity (Wildman–Crippen MR) is 86.3 cm³/mol. The maximum atomic E-state index is 12.5. The molecule has 0 fully saturated rings. The maximum absolute atomic E-state index is 12.5. The van der Waals surface area contributed by atoms with Crippen molar-refractivity contribution >= 4 is 27.5 Å². The summed E-state index contributed by atoms with van der Waals surface area (Å²) < 4.78 is 1.20. The second-order valence-corrected chi connectivity index (χ2v) is 5.95. The monoisotopic (exact) mass is 314 g/mol. The first-order chi connectivity index (χ1) is 10.6. The highest BCUT2D eigenvalue weighted by Gasteiger charge is 2.20. The molecule has 0 aliphatic heterocycles. The summed E-state index contributed by atoms with van der Waals surface area (Å²) in [4.78, 5) is 29.6. The molecule has 6 heteroatoms. The maximum Gasteiger partial charge on any atom is 0.326 e. The number of hydrogen-bond acceptors (Lipinski definition) is 4. The smallest absolute Gasteiger partial charge is 0.326 e. The number of nitrogens with zero attached hydrogens (tertiary/aromatic N) is 2. The zero-order valence-corrected chi connectivity index (χ0v) is 12.7. The molecule has 0 amide bonds. The third kappa shape index (κ3) is 2.42. The molecule has 0 unspecified atom stereocenters. The minimum atomic E-state index is -1.02. The molecule has 22 heavy (non-hydrogen) atoms. The fourth-order valence-electron chi connectivity index (χ4n) is 2.39. The average Bonchev–Trinajstić information content (AvgIpc) is 2.96. The van der Waals surface area contributed by atoms with E-state index < -0.39 is 12.0 Å². The van der Waals surface area contributed by atoms with Crippen molar-refractivity contribution in [2.45, 2.75) is 19.4 Å². The van der Waals surface area contributed by atoms with Gasteiger partial charge in [-0.15, -0.1) is 11.3 Å². The van der Waals surface area contributed by atoms with Gasteiger partial charge >= 0.3 is 5.97 Å². The highest BCUT2D eigenvalue weighted by Crippen LogP contribution is 2.30. The lowest BCUT2D eigenvalue weighted by molar-refractivity contribution is -0.141. The van der Waals surface area contributed by atoms with Crippen LogP contribution in [0.2, 0.25) is 0 Å². The van der Waals surface area contributed by atoms with Crippen molar-refractivity contribution in [2.75, 3.05) is 0 Å². The van der Waals surface area contributed by atoms with Crippen LogP contribution in [0.3, 0.4) is 0 Å². The zero-order chi connectivity index (χ0) is 15.7. The molecule has 0 spiro atoms. The largest absolute Gasteiger partial charge is 0.480 e. The van der Waals surface area contributed by atoms with Crippen LogP contribution >= 0.6 is 11.3 Å². The zero-order valence-electron chi connectivity index (χ0n) is 11.9. The van der Waals surface area contributed by atoms with Crippen LogP contribution in [0, 0.1) is 0 Å². The number of aliphatic carboxylic acids is 1. The number of carboxylic acids is 1. The normalized spacial score (nSPS) is 12.4. The Hall–Kier alpha value is -2.47. The Bertz CT molecular complexity index is 883. The van der Waals surface area contributed by atoms with Crippen LogP contribution in [0.25, 0.3) is 20.7 Å². The summed E-state index contributed by atoms with van der Waals surface area (Å²) in [6, 6.07) is 10.6. The van der Waals surface area contributed by atoms with Crippen LogP contribution in [-0.2, 0) is 4.79 Å². The summed E-state index contributed by atoms with van der Waals surface area (Å²) in [6.45, 7) is 1.73. The highest BCUT2D eigenvalue weighted by molar-refractivity contribution is 7.21. The van der Waals surface area contributed by atoms with Gasteiger partial charge < -0.3 is 5.11 Å². The van der Waals surface area contributed by atoms with Gasteiger partial charge in [-0.05, 0) is 18.1 Å². The molecule has 0 saturated carbocycles. The van der Waals surface area contributed by atoms with E-state index in [1.54, 1.807) is 13.0 Å². The van der Waals surface area contributed by atoms with E-state index in [0.717, 1.165) is 10.4 Å². The summed E-state index contributed by atoms with van der Waals surface area (Å²) in [5.74, 6) is -1.02. The molecular formula is C16H14N2O3S. The van der Waals surface area contributed by atoms with E-state index >= 15 is 0 Å². The van der Waals surface area contributed by atoms with Crippen molar-refractivity contribution in [3.63, 3.8) is 0 Å². The molecule has 5 nitrogen and oxygen atoms in total. The first-order valence-electron chi connectivity index (χ1n) is 6.90. The second kappa shape index (κ2) is 5.73. The summed E-state index contributed by atoms with van der Waals surface area (Å²) in [7, 11) is 0. The van der Waals surface area contributed by atoms with Gasteiger partial charge in [0.05, 0.1) is 11.7 Å². The van der Waals surface area contributed by atoms with Gasteiger partial charge in [-0.3, -0.25) is 9.36 Å². The van der Waals surface area contributed by atoms with Crippen molar-refractivity contribution in [3.8, 4) is 10.4 Å². The van der Waals surface area contributed by atoms with Gasteiger partial charge in [0, 0.05) is 4.88 Å². The topological polar surface area (TPSA) is 72.2 Å². The Morgan fingerprint density at radius 1 is 1.36 bits per heavy atom. The van der Waals surface area contributed by atoms with E-state index in [9.17, 15) is 14.7 Å². The fraction of sp³-hybridized carbons (Fsp3) is 0.188. The summed E-state index contributed by atoms with van der Waals surface area (Å²) in [6.07, 6.45) is 1.66. The Kier molecular flexibility index (Phi) is 3.77. The Balaban J connectivity index is 2.16. The molecule has 2 heterocycles. The summed E-state index contributed by atoms with van der Waals surface area (Å²) in [5, 5.41) is 9.69. The Labute approximate surface area is 130 Å². The molecule has 1 N–H and O–H groups in total. The SMILES string of the molecule is CC[C@@H](C(=O)O)n1cnc2sc(-c3ccccc3)cc2c1=O. The number of carbonyl (C=O) groups is 1. The predicted octanol–water partition coefficient (Wildman–Crippen LogP) is 3.16. The van der Waals surface area contributed by atoms with Gasteiger partial charge in [0.15, 0.2) is 0 Å². The van der Waals surface area contributed by atoms with Crippen LogP contribution in [0.4, 0.5) is 0 Å². The molecule has 0 radical (unpaired) electrons. The van der Waals surface area contributed by atoms with Crippen molar-refractivity contribution in [3.05, 3.63) is 53.1 Å². The molecule has 112 valence electrons. The van der Waals surface area contributed by atoms with Gasteiger partial charge in [-0.25, -0.2) is 9.78 Å². The first kappa shape index (κ1) is 14.5. The fourth-order valence-corrected chi connectivity index (χ4v) is 3.39. The standard InChI is InChI=1S/C16H14N2O3S/c1-2-12(16(20)21)18-9-17-14-11(15(18)19)8-13(22-14)10-6-4-3-5-7-10/h3-9,12H,2H2,1H3,(H,20,21)/t12-/m0/s1. The van der Waals surface area contributed by atoms with Crippen LogP contribution < -0.4 is 5.56 Å². The number of rotatable bonds is 4. The third-order valence-corrected chi connectivity index (χ3v) is 4.63. The minimum absolute atomic E-state index is 0.308. The van der Waals surface area contributed by atoms with Crippen molar-refractivity contribution in [1.29, 1.82) is 0 Å². The molecule has 1 atom stereocenters. The van der Waals surface area contributed by atoms with E-state index in [1.807, 2.05) is 30.3 Å². The molecule has 3 rings (SSSR count). The number of benzene rings is 1. The number of aromatic nitrogens is 2. The lowest BCUT2D eigenvalue weighted by Crippen LogP contribution is -2.29. The van der Waals surface area contributed by atoms with Gasteiger partial charge in [0.25, 0.3) is 5.56 Å². The van der Waals surface area contributed by atoms with E-state index in [0.29, 0.717) is 16.6 Å². The summed E-state index contributed by atoms with van der Waals surface area (Å²) >= 11 is 1.43. The highest BCUT2D eigenvalue weighted by atomic mass is 32.1. The van der Waals surface area contributed by atoms with Crippen molar-refractivity contribution in [2.24, 2.45) is 0 Å². The van der Waals surface area contributed by atoms with Gasteiger partial charge in [0.1, 0.15) is 10.9 Å². The van der Waals surface area contributed by atoms with E-state index in [1.165, 1.54) is 22.2 Å². The number of fused-ring (bicyclic) bond motifs is 1. The second-order valence-electron chi connectivity index (χ2n) is 4.91. The minimum Gasteiger partial charge on any atom is -0.480 e. The van der Waals surface area contributed by atoms with E-state index in [-0.39, 0.29) is 5.56 Å². The van der Waals surface area contributed by atoms with Crippen molar-refractivity contribution in [1.82, 2.24) is 9.55 Å². The quantitative estimate of drug-likeness (QED) is 0.803. The summed E-state index contributed by atoms with van der Waals surface area (Å²) in [5.41, 5.74) is 0.708.